The minimum absolute atomic E-state index is 0.0949. The highest BCUT2D eigenvalue weighted by Crippen LogP contribution is 2.14. The predicted molar refractivity (Wildman–Crippen MR) is 100 cm³/mol. The van der Waals surface area contributed by atoms with E-state index in [0.29, 0.717) is 23.8 Å². The number of nitrogen functional groups attached to an aromatic ring is 2. The zero-order chi connectivity index (χ0) is 19.6. The van der Waals surface area contributed by atoms with Crippen LogP contribution in [0.4, 0.5) is 11.4 Å². The van der Waals surface area contributed by atoms with Gasteiger partial charge in [0.25, 0.3) is 5.91 Å². The van der Waals surface area contributed by atoms with Crippen molar-refractivity contribution in [1.29, 1.82) is 0 Å². The number of ether oxygens (including phenoxy) is 1. The highest BCUT2D eigenvalue weighted by atomic mass is 16.5. The number of nitrogens with two attached hydrogens (primary N) is 2. The van der Waals surface area contributed by atoms with Crippen LogP contribution in [0.5, 0.6) is 0 Å². The fourth-order valence-electron chi connectivity index (χ4n) is 2.48. The van der Waals surface area contributed by atoms with Crippen molar-refractivity contribution in [3.63, 3.8) is 0 Å². The Hall–Kier alpha value is -3.20. The number of aromatic carboxylic acids is 1. The van der Waals surface area contributed by atoms with Crippen molar-refractivity contribution in [1.82, 2.24) is 15.3 Å². The molecular weight excluding hydrogens is 350 g/mol. The molecule has 9 nitrogen and oxygen atoms in total. The molecule has 0 unspecified atom stereocenters. The summed E-state index contributed by atoms with van der Waals surface area (Å²) in [5.41, 5.74) is 11.8. The number of carboxylic acids is 1. The third-order valence-corrected chi connectivity index (χ3v) is 3.99. The second-order valence-electron chi connectivity index (χ2n) is 5.95. The smallest absolute Gasteiger partial charge is 0.356 e. The van der Waals surface area contributed by atoms with Crippen molar-refractivity contribution < 1.29 is 19.4 Å². The Kier molecular flexibility index (Phi) is 7.50. The molecule has 1 saturated heterocycles. The van der Waals surface area contributed by atoms with Crippen LogP contribution in [0.25, 0.3) is 0 Å². The minimum Gasteiger partial charge on any atom is -0.476 e. The molecule has 0 aliphatic carbocycles. The van der Waals surface area contributed by atoms with Crippen molar-refractivity contribution in [2.45, 2.75) is 12.8 Å². The van der Waals surface area contributed by atoms with Gasteiger partial charge in [-0.3, -0.25) is 4.79 Å². The molecule has 2 aromatic heterocycles. The third-order valence-electron chi connectivity index (χ3n) is 3.99. The van der Waals surface area contributed by atoms with E-state index in [9.17, 15) is 9.59 Å². The predicted octanol–water partition coefficient (Wildman–Crippen LogP) is 1.18. The summed E-state index contributed by atoms with van der Waals surface area (Å²) >= 11 is 0. The Morgan fingerprint density at radius 3 is 2.11 bits per heavy atom. The van der Waals surface area contributed by atoms with Gasteiger partial charge in [-0.2, -0.15) is 0 Å². The van der Waals surface area contributed by atoms with Gasteiger partial charge < -0.3 is 26.6 Å². The van der Waals surface area contributed by atoms with E-state index in [1.54, 1.807) is 24.4 Å². The molecule has 1 amide bonds. The molecular formula is C18H23N5O4. The highest BCUT2D eigenvalue weighted by Gasteiger charge is 2.16. The van der Waals surface area contributed by atoms with Crippen LogP contribution in [0.2, 0.25) is 0 Å². The molecule has 144 valence electrons. The normalized spacial score (nSPS) is 13.9. The van der Waals surface area contributed by atoms with Gasteiger partial charge in [-0.1, -0.05) is 0 Å². The van der Waals surface area contributed by atoms with E-state index in [2.05, 4.69) is 15.3 Å². The fourth-order valence-corrected chi connectivity index (χ4v) is 2.48. The molecule has 3 heterocycles. The summed E-state index contributed by atoms with van der Waals surface area (Å²) in [6.45, 7) is 2.23. The number of carbonyl (C=O) groups excluding carboxylic acids is 1. The van der Waals surface area contributed by atoms with Crippen LogP contribution < -0.4 is 16.8 Å². The molecule has 2 aromatic rings. The average Bonchev–Trinajstić information content (AvgIpc) is 2.68. The molecule has 0 radical (unpaired) electrons. The quantitative estimate of drug-likeness (QED) is 0.623. The van der Waals surface area contributed by atoms with Crippen molar-refractivity contribution >= 4 is 23.3 Å². The van der Waals surface area contributed by atoms with E-state index in [4.69, 9.17) is 21.3 Å². The Morgan fingerprint density at radius 1 is 1.07 bits per heavy atom. The van der Waals surface area contributed by atoms with Gasteiger partial charge in [0.15, 0.2) is 11.4 Å². The zero-order valence-corrected chi connectivity index (χ0v) is 14.8. The van der Waals surface area contributed by atoms with Crippen LogP contribution in [-0.2, 0) is 4.74 Å². The number of pyridine rings is 2. The summed E-state index contributed by atoms with van der Waals surface area (Å²) in [7, 11) is 0. The Bertz CT molecular complexity index is 778. The maximum Gasteiger partial charge on any atom is 0.356 e. The SMILES string of the molecule is Nc1cccnc1C(=O)NCC1CCOCC1.Nc1cccnc1C(=O)O. The largest absolute Gasteiger partial charge is 0.476 e. The molecule has 0 aromatic carbocycles. The topological polar surface area (TPSA) is 153 Å². The van der Waals surface area contributed by atoms with Crippen molar-refractivity contribution in [3.8, 4) is 0 Å². The highest BCUT2D eigenvalue weighted by molar-refractivity contribution is 5.97. The number of hydrogen-bond acceptors (Lipinski definition) is 7. The molecule has 1 fully saturated rings. The van der Waals surface area contributed by atoms with Gasteiger partial charge in [-0.15, -0.1) is 0 Å². The second-order valence-corrected chi connectivity index (χ2v) is 5.95. The van der Waals surface area contributed by atoms with Crippen LogP contribution in [-0.4, -0.2) is 46.7 Å². The molecule has 6 N–H and O–H groups in total. The summed E-state index contributed by atoms with van der Waals surface area (Å²) in [5.74, 6) is -0.801. The number of nitrogens with zero attached hydrogens (tertiary/aromatic N) is 2. The lowest BCUT2D eigenvalue weighted by atomic mass is 10.0. The van der Waals surface area contributed by atoms with Gasteiger partial charge in [-0.25, -0.2) is 14.8 Å². The standard InChI is InChI=1S/C12H17N3O2.C6H6N2O2/c13-10-2-1-5-14-11(10)12(16)15-8-9-3-6-17-7-4-9;7-4-2-1-3-8-5(4)6(9)10/h1-2,5,9H,3-4,6-8,13H2,(H,15,16);1-3H,7H2,(H,9,10). The zero-order valence-electron chi connectivity index (χ0n) is 14.8. The van der Waals surface area contributed by atoms with Crippen molar-refractivity contribution in [3.05, 3.63) is 48.0 Å². The van der Waals surface area contributed by atoms with Gasteiger partial charge in [0.05, 0.1) is 11.4 Å². The molecule has 0 bridgehead atoms. The first-order chi connectivity index (χ1) is 13.0. The molecule has 0 spiro atoms. The number of amides is 1. The molecule has 3 rings (SSSR count). The monoisotopic (exact) mass is 373 g/mol. The summed E-state index contributed by atoms with van der Waals surface area (Å²) in [4.78, 5) is 29.6. The second kappa shape index (κ2) is 10.1. The minimum atomic E-state index is -1.10. The number of aromatic nitrogens is 2. The van der Waals surface area contributed by atoms with E-state index < -0.39 is 5.97 Å². The van der Waals surface area contributed by atoms with E-state index in [1.165, 1.54) is 12.3 Å². The van der Waals surface area contributed by atoms with Gasteiger partial charge in [-0.05, 0) is 43.0 Å². The van der Waals surface area contributed by atoms with Gasteiger partial charge >= 0.3 is 5.97 Å². The molecule has 0 atom stereocenters. The number of hydrogen-bond donors (Lipinski definition) is 4. The molecule has 1 aliphatic rings. The molecule has 27 heavy (non-hydrogen) atoms. The van der Waals surface area contributed by atoms with Crippen LogP contribution in [0, 0.1) is 5.92 Å². The number of carbonyl (C=O) groups is 2. The van der Waals surface area contributed by atoms with Crippen molar-refractivity contribution in [2.75, 3.05) is 31.2 Å². The van der Waals surface area contributed by atoms with E-state index in [0.717, 1.165) is 26.1 Å². The van der Waals surface area contributed by atoms with Crippen LogP contribution in [0.1, 0.15) is 33.8 Å². The Balaban J connectivity index is 0.000000223. The fraction of sp³-hybridized carbons (Fsp3) is 0.333. The maximum atomic E-state index is 11.8. The number of nitrogens with one attached hydrogen (secondary N) is 1. The van der Waals surface area contributed by atoms with Gasteiger partial charge in [0, 0.05) is 32.2 Å². The van der Waals surface area contributed by atoms with E-state index >= 15 is 0 Å². The first-order valence-electron chi connectivity index (χ1n) is 8.49. The lowest BCUT2D eigenvalue weighted by molar-refractivity contribution is 0.0642. The lowest BCUT2D eigenvalue weighted by Gasteiger charge is -2.22. The Morgan fingerprint density at radius 2 is 1.63 bits per heavy atom. The summed E-state index contributed by atoms with van der Waals surface area (Å²) < 4.78 is 5.27. The lowest BCUT2D eigenvalue weighted by Crippen LogP contribution is -2.33. The number of carboxylic acid groups (broad SMARTS) is 1. The number of anilines is 2. The summed E-state index contributed by atoms with van der Waals surface area (Å²) in [6, 6.07) is 6.47. The van der Waals surface area contributed by atoms with Crippen LogP contribution in [0.3, 0.4) is 0 Å². The third kappa shape index (κ3) is 6.23. The first-order valence-corrected chi connectivity index (χ1v) is 8.49. The first kappa shape index (κ1) is 20.1. The maximum absolute atomic E-state index is 11.8. The molecule has 1 aliphatic heterocycles. The van der Waals surface area contributed by atoms with Gasteiger partial charge in [0.1, 0.15) is 0 Å². The Labute approximate surface area is 156 Å². The molecule has 9 heteroatoms. The number of rotatable bonds is 4. The summed E-state index contributed by atoms with van der Waals surface area (Å²) in [5, 5.41) is 11.3. The van der Waals surface area contributed by atoms with Gasteiger partial charge in [0.2, 0.25) is 0 Å². The van der Waals surface area contributed by atoms with Crippen LogP contribution in [0.15, 0.2) is 36.7 Å². The van der Waals surface area contributed by atoms with Crippen LogP contribution >= 0.6 is 0 Å². The van der Waals surface area contributed by atoms with E-state index in [-0.39, 0.29) is 17.3 Å². The summed E-state index contributed by atoms with van der Waals surface area (Å²) in [6.07, 6.45) is 4.95. The van der Waals surface area contributed by atoms with E-state index in [1.807, 2.05) is 0 Å². The average molecular weight is 373 g/mol. The van der Waals surface area contributed by atoms with Crippen molar-refractivity contribution in [2.24, 2.45) is 5.92 Å². The molecule has 0 saturated carbocycles.